The fourth-order valence-electron chi connectivity index (χ4n) is 4.16. The molecule has 0 fully saturated rings. The van der Waals surface area contributed by atoms with Crippen LogP contribution in [0.2, 0.25) is 0 Å². The summed E-state index contributed by atoms with van der Waals surface area (Å²) in [6.07, 6.45) is 8.51. The molecule has 0 aliphatic rings. The van der Waals surface area contributed by atoms with E-state index in [2.05, 4.69) is 10.3 Å². The Morgan fingerprint density at radius 2 is 1.73 bits per heavy atom. The van der Waals surface area contributed by atoms with Crippen molar-refractivity contribution in [2.24, 2.45) is 0 Å². The highest BCUT2D eigenvalue weighted by atomic mass is 32.2. The molecule has 0 saturated carbocycles. The van der Waals surface area contributed by atoms with E-state index in [0.29, 0.717) is 23.2 Å². The Balaban J connectivity index is 1.75. The van der Waals surface area contributed by atoms with E-state index in [4.69, 9.17) is 0 Å². The number of hydrogen-bond donors (Lipinski definition) is 2. The number of nitrogens with one attached hydrogen (secondary N) is 1. The molecule has 2 N–H and O–H groups in total. The maximum atomic E-state index is 13.7. The zero-order chi connectivity index (χ0) is 28.6. The molecule has 1 amide bonds. The average molecular weight is 564 g/mol. The molecule has 1 heterocycles. The fraction of sp³-hybridized carbons (Fsp3) is 0.167. The van der Waals surface area contributed by atoms with E-state index in [1.165, 1.54) is 42.7 Å². The molecule has 2 atom stereocenters. The number of hydrogen-bond acceptors (Lipinski definition) is 4. The fourth-order valence-corrected chi connectivity index (χ4v) is 4.73. The van der Waals surface area contributed by atoms with E-state index in [1.807, 2.05) is 16.8 Å². The van der Waals surface area contributed by atoms with Gasteiger partial charge < -0.3 is 15.0 Å². The minimum Gasteiger partial charge on any atom is -0.480 e. The Labute approximate surface area is 232 Å². The van der Waals surface area contributed by atoms with Crippen molar-refractivity contribution in [1.82, 2.24) is 14.9 Å². The largest absolute Gasteiger partial charge is 0.480 e. The number of carboxylic acids is 1. The minimum absolute atomic E-state index is 0.00612. The number of imidazole rings is 1. The monoisotopic (exact) mass is 563 g/mol. The summed E-state index contributed by atoms with van der Waals surface area (Å²) in [5.74, 6) is -2.53. The molecule has 0 bridgehead atoms. The summed E-state index contributed by atoms with van der Waals surface area (Å²) in [4.78, 5) is 29.1. The van der Waals surface area contributed by atoms with Crippen LogP contribution in [0.4, 0.5) is 8.78 Å². The van der Waals surface area contributed by atoms with Gasteiger partial charge in [0.25, 0.3) is 5.91 Å². The van der Waals surface area contributed by atoms with Crippen LogP contribution >= 0.6 is 0 Å². The molecule has 0 aliphatic carbocycles. The molecule has 10 heteroatoms. The highest BCUT2D eigenvalue weighted by Crippen LogP contribution is 2.29. The van der Waals surface area contributed by atoms with Crippen molar-refractivity contribution >= 4 is 34.3 Å². The second-order valence-corrected chi connectivity index (χ2v) is 10.7. The molecule has 0 spiro atoms. The van der Waals surface area contributed by atoms with Gasteiger partial charge in [-0.15, -0.1) is 0 Å². The number of amides is 1. The Bertz CT molecular complexity index is 1540. The van der Waals surface area contributed by atoms with Gasteiger partial charge in [-0.2, -0.15) is 0 Å². The van der Waals surface area contributed by atoms with Crippen molar-refractivity contribution in [3.8, 4) is 11.1 Å². The number of carbonyl (C=O) groups excluding carboxylic acids is 1. The van der Waals surface area contributed by atoms with Crippen LogP contribution in [0.15, 0.2) is 85.5 Å². The lowest BCUT2D eigenvalue weighted by Crippen LogP contribution is -2.41. The Morgan fingerprint density at radius 3 is 2.33 bits per heavy atom. The van der Waals surface area contributed by atoms with Crippen molar-refractivity contribution in [2.75, 3.05) is 12.0 Å². The van der Waals surface area contributed by atoms with Gasteiger partial charge in [0.15, 0.2) is 0 Å². The van der Waals surface area contributed by atoms with Crippen molar-refractivity contribution < 1.29 is 27.7 Å². The molecule has 1 unspecified atom stereocenters. The summed E-state index contributed by atoms with van der Waals surface area (Å²) in [5.41, 5.74) is 3.57. The number of nitrogens with zero attached hydrogens (tertiary/aromatic N) is 2. The summed E-state index contributed by atoms with van der Waals surface area (Å²) in [7, 11) is -1.22. The van der Waals surface area contributed by atoms with E-state index in [1.54, 1.807) is 42.9 Å². The van der Waals surface area contributed by atoms with Crippen LogP contribution < -0.4 is 5.32 Å². The quantitative estimate of drug-likeness (QED) is 0.250. The summed E-state index contributed by atoms with van der Waals surface area (Å²) in [5, 5.41) is 12.1. The van der Waals surface area contributed by atoms with Gasteiger partial charge in [0.05, 0.1) is 6.33 Å². The molecule has 7 nitrogen and oxygen atoms in total. The summed E-state index contributed by atoms with van der Waals surface area (Å²) in [6.45, 7) is 0.443. The number of carboxylic acid groups (broad SMARTS) is 1. The number of halogens is 2. The first-order chi connectivity index (χ1) is 19.2. The lowest BCUT2D eigenvalue weighted by molar-refractivity contribution is -0.139. The van der Waals surface area contributed by atoms with Crippen LogP contribution in [-0.4, -0.2) is 48.8 Å². The van der Waals surface area contributed by atoms with Crippen LogP contribution in [0, 0.1) is 11.6 Å². The van der Waals surface area contributed by atoms with Crippen molar-refractivity contribution in [3.63, 3.8) is 0 Å². The van der Waals surface area contributed by atoms with E-state index >= 15 is 0 Å². The molecule has 40 heavy (non-hydrogen) atoms. The molecule has 1 aromatic heterocycles. The summed E-state index contributed by atoms with van der Waals surface area (Å²) < 4.78 is 40.7. The maximum Gasteiger partial charge on any atom is 0.326 e. The second-order valence-electron chi connectivity index (χ2n) is 9.15. The first kappa shape index (κ1) is 28.6. The Kier molecular flexibility index (Phi) is 9.34. The predicted molar refractivity (Wildman–Crippen MR) is 151 cm³/mol. The summed E-state index contributed by atoms with van der Waals surface area (Å²) in [6, 6.07) is 15.6. The Morgan fingerprint density at radius 1 is 1.05 bits per heavy atom. The lowest BCUT2D eigenvalue weighted by Gasteiger charge is -2.17. The lowest BCUT2D eigenvalue weighted by atomic mass is 9.94. The van der Waals surface area contributed by atoms with Crippen LogP contribution in [0.5, 0.6) is 0 Å². The van der Waals surface area contributed by atoms with E-state index < -0.39 is 34.5 Å². The molecule has 0 radical (unpaired) electrons. The van der Waals surface area contributed by atoms with Gasteiger partial charge in [0.2, 0.25) is 0 Å². The number of aliphatic carboxylic acids is 1. The van der Waals surface area contributed by atoms with Crippen LogP contribution in [-0.2, 0) is 22.1 Å². The molecule has 4 aromatic rings. The average Bonchev–Trinajstić information content (AvgIpc) is 3.44. The van der Waals surface area contributed by atoms with Gasteiger partial charge >= 0.3 is 5.97 Å². The van der Waals surface area contributed by atoms with Crippen LogP contribution in [0.3, 0.4) is 0 Å². The number of aromatic nitrogens is 2. The molecular formula is C30H27F2N3O4S. The van der Waals surface area contributed by atoms with E-state index in [0.717, 1.165) is 11.1 Å². The standard InChI is InChI=1S/C30H27F2N3O4S/c1-40(39)15-12-28(30(37)38)34-29(36)26-11-2-20(17-27(26)22-5-9-25(32)10-6-22)16-23(18-35-14-13-33-19-35)21-3-7-24(31)8-4-21/h2-11,13-14,16-17,19,28H,12,15,18H2,1H3,(H,34,36)(H,37,38)/b23-16-/t28-,40?/m0/s1. The van der Waals surface area contributed by atoms with Gasteiger partial charge in [0, 0.05) is 47.3 Å². The minimum atomic E-state index is -1.23. The first-order valence-corrected chi connectivity index (χ1v) is 14.1. The third kappa shape index (κ3) is 7.57. The number of allylic oxidation sites excluding steroid dienone is 1. The van der Waals surface area contributed by atoms with E-state index in [-0.39, 0.29) is 23.6 Å². The second kappa shape index (κ2) is 13.1. The van der Waals surface area contributed by atoms with Crippen molar-refractivity contribution in [2.45, 2.75) is 19.0 Å². The normalized spacial score (nSPS) is 13.0. The summed E-state index contributed by atoms with van der Waals surface area (Å²) >= 11 is 0. The molecular weight excluding hydrogens is 536 g/mol. The third-order valence-corrected chi connectivity index (χ3v) is 7.02. The molecule has 0 saturated heterocycles. The zero-order valence-corrected chi connectivity index (χ0v) is 22.4. The van der Waals surface area contributed by atoms with Gasteiger partial charge in [-0.3, -0.25) is 9.00 Å². The molecule has 206 valence electrons. The molecule has 4 rings (SSSR count). The van der Waals surface area contributed by atoms with Gasteiger partial charge in [-0.25, -0.2) is 18.6 Å². The molecule has 0 aliphatic heterocycles. The highest BCUT2D eigenvalue weighted by Gasteiger charge is 2.23. The topological polar surface area (TPSA) is 101 Å². The number of benzene rings is 3. The van der Waals surface area contributed by atoms with Gasteiger partial charge in [0.1, 0.15) is 17.7 Å². The van der Waals surface area contributed by atoms with Gasteiger partial charge in [-0.1, -0.05) is 30.3 Å². The first-order valence-electron chi connectivity index (χ1n) is 12.4. The van der Waals surface area contributed by atoms with Crippen LogP contribution in [0.1, 0.15) is 27.9 Å². The van der Waals surface area contributed by atoms with Crippen molar-refractivity contribution in [1.29, 1.82) is 0 Å². The van der Waals surface area contributed by atoms with Gasteiger partial charge in [-0.05, 0) is 76.7 Å². The SMILES string of the molecule is CS(=O)CC[C@H](NC(=O)c1ccc(/C=C(/Cn2ccnc2)c2ccc(F)cc2)cc1-c1ccc(F)cc1)C(=O)O. The zero-order valence-electron chi connectivity index (χ0n) is 21.6. The number of carbonyl (C=O) groups is 2. The highest BCUT2D eigenvalue weighted by molar-refractivity contribution is 7.84. The predicted octanol–water partition coefficient (Wildman–Crippen LogP) is 5.02. The molecule has 3 aromatic carbocycles. The smallest absolute Gasteiger partial charge is 0.326 e. The van der Waals surface area contributed by atoms with Crippen molar-refractivity contribution in [3.05, 3.63) is 114 Å². The maximum absolute atomic E-state index is 13.7. The Hall–Kier alpha value is -4.44. The number of rotatable bonds is 11. The van der Waals surface area contributed by atoms with E-state index in [9.17, 15) is 27.7 Å². The van der Waals surface area contributed by atoms with Crippen LogP contribution in [0.25, 0.3) is 22.8 Å². The third-order valence-electron chi connectivity index (χ3n) is 6.21.